The zero-order chi connectivity index (χ0) is 15.9. The first-order valence-corrected chi connectivity index (χ1v) is 7.30. The number of benzene rings is 2. The molecular weight excluding hydrogens is 351 g/mol. The lowest BCUT2D eigenvalue weighted by Crippen LogP contribution is -1.97. The molecular formula is C17H14BrFO3. The van der Waals surface area contributed by atoms with Gasteiger partial charge < -0.3 is 9.47 Å². The monoisotopic (exact) mass is 364 g/mol. The van der Waals surface area contributed by atoms with Crippen molar-refractivity contribution in [3.8, 4) is 5.75 Å². The van der Waals surface area contributed by atoms with Crippen LogP contribution in [-0.2, 0) is 16.1 Å². The fourth-order valence-electron chi connectivity index (χ4n) is 1.76. The lowest BCUT2D eigenvalue weighted by atomic mass is 10.2. The molecule has 0 saturated heterocycles. The minimum atomic E-state index is -0.414. The number of esters is 1. The highest BCUT2D eigenvalue weighted by Crippen LogP contribution is 2.27. The Morgan fingerprint density at radius 2 is 2.09 bits per heavy atom. The van der Waals surface area contributed by atoms with Crippen molar-refractivity contribution < 1.29 is 18.7 Å². The summed E-state index contributed by atoms with van der Waals surface area (Å²) < 4.78 is 24.0. The Kier molecular flexibility index (Phi) is 5.72. The summed E-state index contributed by atoms with van der Waals surface area (Å²) in [6.07, 6.45) is 2.99. The Morgan fingerprint density at radius 1 is 1.27 bits per heavy atom. The third-order valence-corrected chi connectivity index (χ3v) is 3.47. The molecule has 0 N–H and O–H groups in total. The predicted octanol–water partition coefficient (Wildman–Crippen LogP) is 4.35. The van der Waals surface area contributed by atoms with Crippen molar-refractivity contribution in [2.45, 2.75) is 6.61 Å². The van der Waals surface area contributed by atoms with Crippen LogP contribution in [0.2, 0.25) is 0 Å². The summed E-state index contributed by atoms with van der Waals surface area (Å²) in [6.45, 7) is 0.272. The van der Waals surface area contributed by atoms with Crippen LogP contribution < -0.4 is 4.74 Å². The maximum atomic E-state index is 13.1. The molecule has 0 saturated carbocycles. The van der Waals surface area contributed by atoms with E-state index in [2.05, 4.69) is 20.7 Å². The van der Waals surface area contributed by atoms with E-state index in [-0.39, 0.29) is 12.4 Å². The minimum Gasteiger partial charge on any atom is -0.488 e. The molecule has 2 rings (SSSR count). The van der Waals surface area contributed by atoms with E-state index in [9.17, 15) is 9.18 Å². The number of carbonyl (C=O) groups is 1. The molecule has 0 atom stereocenters. The Hall–Kier alpha value is -2.14. The summed E-state index contributed by atoms with van der Waals surface area (Å²) in [5.74, 6) is -0.0644. The van der Waals surface area contributed by atoms with Gasteiger partial charge >= 0.3 is 5.97 Å². The highest BCUT2D eigenvalue weighted by Gasteiger charge is 2.03. The number of hydrogen-bond acceptors (Lipinski definition) is 3. The molecule has 2 aromatic carbocycles. The van der Waals surface area contributed by atoms with Crippen LogP contribution in [0.15, 0.2) is 53.0 Å². The lowest BCUT2D eigenvalue weighted by molar-refractivity contribution is -0.134. The number of halogens is 2. The lowest BCUT2D eigenvalue weighted by Gasteiger charge is -2.09. The second-order valence-electron chi connectivity index (χ2n) is 4.46. The van der Waals surface area contributed by atoms with Crippen molar-refractivity contribution in [1.29, 1.82) is 0 Å². The maximum absolute atomic E-state index is 13.1. The number of rotatable bonds is 5. The molecule has 3 nitrogen and oxygen atoms in total. The second kappa shape index (κ2) is 7.75. The zero-order valence-corrected chi connectivity index (χ0v) is 13.5. The molecule has 0 unspecified atom stereocenters. The van der Waals surface area contributed by atoms with E-state index in [1.807, 2.05) is 12.1 Å². The molecule has 22 heavy (non-hydrogen) atoms. The van der Waals surface area contributed by atoms with E-state index in [0.717, 1.165) is 15.6 Å². The van der Waals surface area contributed by atoms with Crippen molar-refractivity contribution in [2.24, 2.45) is 0 Å². The fraction of sp³-hybridized carbons (Fsp3) is 0.118. The SMILES string of the molecule is COC(=O)/C=C/c1ccc(OCc2cccc(F)c2)c(Br)c1. The molecule has 0 amide bonds. The Balaban J connectivity index is 2.03. The van der Waals surface area contributed by atoms with Crippen LogP contribution in [-0.4, -0.2) is 13.1 Å². The summed E-state index contributed by atoms with van der Waals surface area (Å²) in [7, 11) is 1.33. The molecule has 0 bridgehead atoms. The van der Waals surface area contributed by atoms with Gasteiger partial charge in [-0.25, -0.2) is 9.18 Å². The number of methoxy groups -OCH3 is 1. The fourth-order valence-corrected chi connectivity index (χ4v) is 2.27. The van der Waals surface area contributed by atoms with Gasteiger partial charge in [-0.3, -0.25) is 0 Å². The Morgan fingerprint density at radius 3 is 2.77 bits per heavy atom. The van der Waals surface area contributed by atoms with E-state index in [1.165, 1.54) is 25.3 Å². The van der Waals surface area contributed by atoms with Gasteiger partial charge in [0.25, 0.3) is 0 Å². The average molecular weight is 365 g/mol. The van der Waals surface area contributed by atoms with E-state index in [1.54, 1.807) is 24.3 Å². The molecule has 0 aliphatic carbocycles. The van der Waals surface area contributed by atoms with Gasteiger partial charge in [0.2, 0.25) is 0 Å². The van der Waals surface area contributed by atoms with Crippen LogP contribution in [0.25, 0.3) is 6.08 Å². The van der Waals surface area contributed by atoms with Crippen LogP contribution in [0.1, 0.15) is 11.1 Å². The smallest absolute Gasteiger partial charge is 0.330 e. The van der Waals surface area contributed by atoms with Crippen molar-refractivity contribution in [2.75, 3.05) is 7.11 Å². The molecule has 0 fully saturated rings. The van der Waals surface area contributed by atoms with E-state index in [4.69, 9.17) is 4.74 Å². The van der Waals surface area contributed by atoms with Gasteiger partial charge in [0, 0.05) is 6.08 Å². The standard InChI is InChI=1S/C17H14BrFO3/c1-21-17(20)8-6-12-5-7-16(15(18)10-12)22-11-13-3-2-4-14(19)9-13/h2-10H,11H2,1H3/b8-6+. The summed E-state index contributed by atoms with van der Waals surface area (Å²) >= 11 is 3.41. The first-order valence-electron chi connectivity index (χ1n) is 6.51. The van der Waals surface area contributed by atoms with E-state index < -0.39 is 5.97 Å². The molecule has 0 radical (unpaired) electrons. The largest absolute Gasteiger partial charge is 0.488 e. The molecule has 0 aromatic heterocycles. The molecule has 0 aliphatic rings. The molecule has 5 heteroatoms. The molecule has 2 aromatic rings. The first kappa shape index (κ1) is 16.2. The van der Waals surface area contributed by atoms with Crippen molar-refractivity contribution in [3.05, 3.63) is 70.0 Å². The highest BCUT2D eigenvalue weighted by atomic mass is 79.9. The third-order valence-electron chi connectivity index (χ3n) is 2.85. The summed E-state index contributed by atoms with van der Waals surface area (Å²) in [5, 5.41) is 0. The zero-order valence-electron chi connectivity index (χ0n) is 11.9. The van der Waals surface area contributed by atoms with Gasteiger partial charge in [0.05, 0.1) is 11.6 Å². The molecule has 114 valence electrons. The van der Waals surface area contributed by atoms with Crippen LogP contribution in [0.5, 0.6) is 5.75 Å². The van der Waals surface area contributed by atoms with Gasteiger partial charge in [-0.05, 0) is 57.4 Å². The summed E-state index contributed by atoms with van der Waals surface area (Å²) in [6, 6.07) is 11.7. The van der Waals surface area contributed by atoms with Crippen LogP contribution >= 0.6 is 15.9 Å². The van der Waals surface area contributed by atoms with E-state index >= 15 is 0 Å². The van der Waals surface area contributed by atoms with Gasteiger partial charge in [-0.15, -0.1) is 0 Å². The van der Waals surface area contributed by atoms with E-state index in [0.29, 0.717) is 5.75 Å². The minimum absolute atomic E-state index is 0.272. The maximum Gasteiger partial charge on any atom is 0.330 e. The number of hydrogen-bond donors (Lipinski definition) is 0. The molecule has 0 spiro atoms. The highest BCUT2D eigenvalue weighted by molar-refractivity contribution is 9.10. The Bertz CT molecular complexity index is 698. The summed E-state index contributed by atoms with van der Waals surface area (Å²) in [4.78, 5) is 11.0. The Labute approximate surface area is 136 Å². The first-order chi connectivity index (χ1) is 10.6. The second-order valence-corrected chi connectivity index (χ2v) is 5.32. The van der Waals surface area contributed by atoms with Gasteiger partial charge in [-0.1, -0.05) is 18.2 Å². The summed E-state index contributed by atoms with van der Waals surface area (Å²) in [5.41, 5.74) is 1.58. The molecule has 0 aliphatic heterocycles. The van der Waals surface area contributed by atoms with Gasteiger partial charge in [-0.2, -0.15) is 0 Å². The number of ether oxygens (including phenoxy) is 2. The van der Waals surface area contributed by atoms with Crippen molar-refractivity contribution >= 4 is 28.0 Å². The van der Waals surface area contributed by atoms with Crippen LogP contribution in [0.3, 0.4) is 0 Å². The van der Waals surface area contributed by atoms with Crippen LogP contribution in [0.4, 0.5) is 4.39 Å². The number of carbonyl (C=O) groups excluding carboxylic acids is 1. The van der Waals surface area contributed by atoms with Crippen LogP contribution in [0, 0.1) is 5.82 Å². The van der Waals surface area contributed by atoms with Gasteiger partial charge in [0.15, 0.2) is 0 Å². The third kappa shape index (κ3) is 4.70. The molecule has 0 heterocycles. The van der Waals surface area contributed by atoms with Crippen molar-refractivity contribution in [1.82, 2.24) is 0 Å². The van der Waals surface area contributed by atoms with Crippen molar-refractivity contribution in [3.63, 3.8) is 0 Å². The predicted molar refractivity (Wildman–Crippen MR) is 85.9 cm³/mol. The topological polar surface area (TPSA) is 35.5 Å². The average Bonchev–Trinajstić information content (AvgIpc) is 2.51. The normalized spacial score (nSPS) is 10.7. The quantitative estimate of drug-likeness (QED) is 0.584. The van der Waals surface area contributed by atoms with Gasteiger partial charge in [0.1, 0.15) is 18.2 Å².